The van der Waals surface area contributed by atoms with E-state index in [1.54, 1.807) is 7.05 Å². The molecule has 9 nitrogen and oxygen atoms in total. The highest BCUT2D eigenvalue weighted by Crippen LogP contribution is 2.28. The molecule has 0 spiro atoms. The van der Waals surface area contributed by atoms with Crippen LogP contribution in [0.25, 0.3) is 0 Å². The Morgan fingerprint density at radius 1 is 1.48 bits per heavy atom. The van der Waals surface area contributed by atoms with E-state index in [4.69, 9.17) is 4.74 Å². The van der Waals surface area contributed by atoms with Crippen molar-refractivity contribution in [2.75, 3.05) is 18.9 Å². The molecule has 10 heteroatoms. The highest BCUT2D eigenvalue weighted by molar-refractivity contribution is 5.88. The number of rotatable bonds is 5. The maximum atomic E-state index is 14.2. The lowest BCUT2D eigenvalue weighted by Gasteiger charge is -2.19. The fraction of sp³-hybridized carbons (Fsp3) is 0.667. The van der Waals surface area contributed by atoms with Crippen LogP contribution in [0.3, 0.4) is 0 Å². The number of amides is 2. The molecule has 2 heterocycles. The van der Waals surface area contributed by atoms with Crippen LogP contribution in [0.5, 0.6) is 0 Å². The van der Waals surface area contributed by atoms with Crippen LogP contribution in [-0.2, 0) is 4.74 Å². The number of unbranched alkanes of at least 4 members (excludes halogenated alkanes) is 1. The molecular formula is C15H23FN4O5. The van der Waals surface area contributed by atoms with Crippen LogP contribution in [0.1, 0.15) is 32.9 Å². The van der Waals surface area contributed by atoms with E-state index in [1.807, 2.05) is 6.92 Å². The summed E-state index contributed by atoms with van der Waals surface area (Å²) in [6.45, 7) is 3.98. The van der Waals surface area contributed by atoms with Gasteiger partial charge in [0.1, 0.15) is 12.2 Å². The second kappa shape index (κ2) is 7.89. The molecule has 0 aliphatic carbocycles. The van der Waals surface area contributed by atoms with Gasteiger partial charge in [0.15, 0.2) is 17.9 Å². The van der Waals surface area contributed by atoms with Gasteiger partial charge in [-0.05, 0) is 13.3 Å². The molecule has 0 aromatic carbocycles. The molecule has 2 rings (SSSR count). The summed E-state index contributed by atoms with van der Waals surface area (Å²) in [6, 6.07) is -0.585. The largest absolute Gasteiger partial charge is 0.388 e. The molecule has 1 aliphatic rings. The summed E-state index contributed by atoms with van der Waals surface area (Å²) in [5.41, 5.74) is -0.918. The van der Waals surface area contributed by atoms with Crippen molar-refractivity contribution in [3.05, 3.63) is 22.5 Å². The minimum absolute atomic E-state index is 0.485. The number of hydrogen-bond donors (Lipinski definition) is 3. The van der Waals surface area contributed by atoms with E-state index in [-0.39, 0.29) is 0 Å². The fourth-order valence-electron chi connectivity index (χ4n) is 2.47. The summed E-state index contributed by atoms with van der Waals surface area (Å²) >= 11 is 0. The number of carbonyl (C=O) groups is 1. The molecule has 1 saturated heterocycles. The number of anilines is 1. The topological polar surface area (TPSA) is 117 Å². The SMILES string of the molecule is CCCCN(C)C(=O)Nc1nc(=O)n([C@@H]2O[C@H](C)[C@@H](O)[C@H]2O)cc1F. The number of nitrogens with zero attached hydrogens (tertiary/aromatic N) is 3. The summed E-state index contributed by atoms with van der Waals surface area (Å²) < 4.78 is 20.3. The van der Waals surface area contributed by atoms with Gasteiger partial charge in [-0.15, -0.1) is 0 Å². The summed E-state index contributed by atoms with van der Waals surface area (Å²) in [6.07, 6.45) is -2.10. The van der Waals surface area contributed by atoms with E-state index in [9.17, 15) is 24.2 Å². The Bertz CT molecular complexity index is 682. The summed E-state index contributed by atoms with van der Waals surface area (Å²) in [5.74, 6) is -1.46. The number of aliphatic hydroxyl groups excluding tert-OH is 2. The predicted octanol–water partition coefficient (Wildman–Crippen LogP) is 0.285. The number of carbonyl (C=O) groups excluding carboxylic acids is 1. The molecule has 25 heavy (non-hydrogen) atoms. The molecule has 0 saturated carbocycles. The van der Waals surface area contributed by atoms with Gasteiger partial charge < -0.3 is 19.8 Å². The van der Waals surface area contributed by atoms with E-state index in [1.165, 1.54) is 11.8 Å². The lowest BCUT2D eigenvalue weighted by atomic mass is 10.1. The van der Waals surface area contributed by atoms with Gasteiger partial charge in [-0.2, -0.15) is 4.98 Å². The zero-order valence-corrected chi connectivity index (χ0v) is 14.3. The van der Waals surface area contributed by atoms with Gasteiger partial charge in [-0.3, -0.25) is 9.88 Å². The Hall–Kier alpha value is -2.04. The highest BCUT2D eigenvalue weighted by Gasteiger charge is 2.42. The Balaban J connectivity index is 2.18. The third-order valence-electron chi connectivity index (χ3n) is 4.08. The van der Waals surface area contributed by atoms with Gasteiger partial charge in [0.25, 0.3) is 0 Å². The zero-order valence-electron chi connectivity index (χ0n) is 14.3. The maximum absolute atomic E-state index is 14.2. The monoisotopic (exact) mass is 358 g/mol. The Labute approximate surface area is 144 Å². The second-order valence-corrected chi connectivity index (χ2v) is 6.05. The first-order chi connectivity index (χ1) is 11.8. The highest BCUT2D eigenvalue weighted by atomic mass is 19.1. The predicted molar refractivity (Wildman–Crippen MR) is 86.6 cm³/mol. The summed E-state index contributed by atoms with van der Waals surface area (Å²) in [7, 11) is 1.55. The number of halogens is 1. The molecule has 2 amide bonds. The van der Waals surface area contributed by atoms with E-state index >= 15 is 0 Å². The lowest BCUT2D eigenvalue weighted by molar-refractivity contribution is -0.0355. The quantitative estimate of drug-likeness (QED) is 0.696. The first-order valence-corrected chi connectivity index (χ1v) is 8.08. The van der Waals surface area contributed by atoms with Crippen LogP contribution in [0, 0.1) is 5.82 Å². The minimum Gasteiger partial charge on any atom is -0.388 e. The van der Waals surface area contributed by atoms with Crippen molar-refractivity contribution in [1.29, 1.82) is 0 Å². The lowest BCUT2D eigenvalue weighted by Crippen LogP contribution is -2.37. The molecule has 4 atom stereocenters. The Kier molecular flexibility index (Phi) is 6.09. The molecular weight excluding hydrogens is 335 g/mol. The van der Waals surface area contributed by atoms with Crippen molar-refractivity contribution in [1.82, 2.24) is 14.5 Å². The third-order valence-corrected chi connectivity index (χ3v) is 4.08. The van der Waals surface area contributed by atoms with Gasteiger partial charge in [-0.1, -0.05) is 13.3 Å². The third kappa shape index (κ3) is 4.14. The molecule has 0 unspecified atom stereocenters. The molecule has 0 radical (unpaired) electrons. The standard InChI is InChI=1S/C15H23FN4O5/c1-4-5-6-19(3)14(23)17-12-9(16)7-20(15(24)18-12)13-11(22)10(21)8(2)25-13/h7-8,10-11,13,21-22H,4-6H2,1-3H3,(H,17,18,23,24)/t8-,10-,11-,13-/m1/s1. The van der Waals surface area contributed by atoms with Crippen LogP contribution in [0.2, 0.25) is 0 Å². The average Bonchev–Trinajstić information content (AvgIpc) is 2.82. The molecule has 3 N–H and O–H groups in total. The number of ether oxygens (including phenoxy) is 1. The van der Waals surface area contributed by atoms with E-state index in [0.717, 1.165) is 23.6 Å². The molecule has 1 fully saturated rings. The van der Waals surface area contributed by atoms with Gasteiger partial charge >= 0.3 is 11.7 Å². The normalized spacial score (nSPS) is 25.8. The van der Waals surface area contributed by atoms with Gasteiger partial charge in [0.05, 0.1) is 12.3 Å². The van der Waals surface area contributed by atoms with E-state index < -0.39 is 47.9 Å². The number of nitrogens with one attached hydrogen (secondary N) is 1. The number of hydrogen-bond acceptors (Lipinski definition) is 6. The van der Waals surface area contributed by atoms with E-state index in [0.29, 0.717) is 6.54 Å². The molecule has 1 aliphatic heterocycles. The van der Waals surface area contributed by atoms with Gasteiger partial charge in [-0.25, -0.2) is 14.0 Å². The van der Waals surface area contributed by atoms with Crippen molar-refractivity contribution in [2.45, 2.75) is 51.2 Å². The van der Waals surface area contributed by atoms with Gasteiger partial charge in [0.2, 0.25) is 0 Å². The number of aromatic nitrogens is 2. The second-order valence-electron chi connectivity index (χ2n) is 6.05. The van der Waals surface area contributed by atoms with E-state index in [2.05, 4.69) is 10.3 Å². The number of urea groups is 1. The summed E-state index contributed by atoms with van der Waals surface area (Å²) in [5, 5.41) is 21.8. The minimum atomic E-state index is -1.39. The van der Waals surface area contributed by atoms with Crippen LogP contribution < -0.4 is 11.0 Å². The first-order valence-electron chi connectivity index (χ1n) is 8.08. The van der Waals surface area contributed by atoms with Gasteiger partial charge in [0, 0.05) is 13.6 Å². The van der Waals surface area contributed by atoms with Crippen molar-refractivity contribution >= 4 is 11.8 Å². The number of aliphatic hydroxyl groups is 2. The molecule has 140 valence electrons. The Morgan fingerprint density at radius 2 is 2.16 bits per heavy atom. The van der Waals surface area contributed by atoms with Crippen molar-refractivity contribution in [2.24, 2.45) is 0 Å². The summed E-state index contributed by atoms with van der Waals surface area (Å²) in [4.78, 5) is 28.9. The fourth-order valence-corrected chi connectivity index (χ4v) is 2.47. The molecule has 0 bridgehead atoms. The van der Waals surface area contributed by atoms with Crippen LogP contribution in [-0.4, -0.2) is 62.6 Å². The van der Waals surface area contributed by atoms with Crippen molar-refractivity contribution in [3.8, 4) is 0 Å². The zero-order chi connectivity index (χ0) is 18.7. The molecule has 1 aromatic heterocycles. The Morgan fingerprint density at radius 3 is 2.72 bits per heavy atom. The smallest absolute Gasteiger partial charge is 0.351 e. The van der Waals surface area contributed by atoms with Crippen molar-refractivity contribution < 1.29 is 24.1 Å². The molecule has 1 aromatic rings. The average molecular weight is 358 g/mol. The van der Waals surface area contributed by atoms with Crippen LogP contribution in [0.4, 0.5) is 15.0 Å². The van der Waals surface area contributed by atoms with Crippen LogP contribution in [0.15, 0.2) is 11.0 Å². The van der Waals surface area contributed by atoms with Crippen LogP contribution >= 0.6 is 0 Å². The van der Waals surface area contributed by atoms with Crippen molar-refractivity contribution in [3.63, 3.8) is 0 Å². The maximum Gasteiger partial charge on any atom is 0.351 e. The first kappa shape index (κ1) is 19.3.